The van der Waals surface area contributed by atoms with Gasteiger partial charge < -0.3 is 20.9 Å². The van der Waals surface area contributed by atoms with Gasteiger partial charge in [-0.25, -0.2) is 0 Å². The molecule has 0 bridgehead atoms. The number of nitro groups is 4. The van der Waals surface area contributed by atoms with Gasteiger partial charge in [0.2, 0.25) is 5.70 Å². The number of rotatable bonds is 4. The number of nitrogens with zero attached hydrogens (tertiary/aromatic N) is 6. The van der Waals surface area contributed by atoms with E-state index in [0.717, 1.165) is 0 Å². The van der Waals surface area contributed by atoms with Crippen LogP contribution < -0.4 is 0 Å². The van der Waals surface area contributed by atoms with Crippen molar-refractivity contribution < 1.29 is 24.6 Å². The van der Waals surface area contributed by atoms with Gasteiger partial charge in [-0.2, -0.15) is 0 Å². The van der Waals surface area contributed by atoms with E-state index in [1.54, 1.807) is 0 Å². The Morgan fingerprint density at radius 3 is 1.65 bits per heavy atom. The molecule has 0 aromatic carbocycles. The highest BCUT2D eigenvalue weighted by atomic mass is 17.0. The minimum Gasteiger partial charge on any atom is -0.734 e. The molecule has 1 heterocycles. The quantitative estimate of drug-likeness (QED) is 0.472. The highest BCUT2D eigenvalue weighted by molar-refractivity contribution is 5.39. The molecule has 0 aromatic rings. The van der Waals surface area contributed by atoms with E-state index in [-0.39, 0.29) is 0 Å². The van der Waals surface area contributed by atoms with Crippen molar-refractivity contribution in [3.05, 3.63) is 74.2 Å². The summed E-state index contributed by atoms with van der Waals surface area (Å²) < 4.78 is 0. The van der Waals surface area contributed by atoms with Crippen molar-refractivity contribution in [1.82, 2.24) is 5.23 Å². The van der Waals surface area contributed by atoms with Crippen molar-refractivity contribution in [2.75, 3.05) is 0 Å². The highest BCUT2D eigenvalue weighted by Crippen LogP contribution is 2.35. The van der Waals surface area contributed by atoms with Crippen molar-refractivity contribution in [1.29, 1.82) is 0 Å². The summed E-state index contributed by atoms with van der Waals surface area (Å²) in [7, 11) is 0. The SMILES string of the molecule is O=[N+]([O-])C(=C1[N-]ON([O-])C1=C([N+](=O)[O-])[N+](=O)[O-])[N+](=O)[O-]. The second-order valence-electron chi connectivity index (χ2n) is 2.80. The average Bonchev–Trinajstić information content (AvgIpc) is 2.60. The Labute approximate surface area is 105 Å². The Bertz CT molecular complexity index is 544. The Balaban J connectivity index is 3.72. The smallest absolute Gasteiger partial charge is 0.583 e. The fraction of sp³-hybridized carbons (Fsp3) is 0. The van der Waals surface area contributed by atoms with Gasteiger partial charge in [-0.15, -0.1) is 0 Å². The van der Waals surface area contributed by atoms with Crippen molar-refractivity contribution >= 4 is 0 Å². The Kier molecular flexibility index (Phi) is 3.72. The summed E-state index contributed by atoms with van der Waals surface area (Å²) >= 11 is 0. The van der Waals surface area contributed by atoms with Crippen LogP contribution in [-0.4, -0.2) is 24.9 Å². The fourth-order valence-corrected chi connectivity index (χ4v) is 1.06. The third-order valence-corrected chi connectivity index (χ3v) is 1.73. The maximum absolute atomic E-state index is 11.0. The molecule has 1 fully saturated rings. The van der Waals surface area contributed by atoms with E-state index in [2.05, 4.69) is 10.4 Å². The molecule has 0 atom stereocenters. The lowest BCUT2D eigenvalue weighted by atomic mass is 10.3. The standard InChI is InChI=1S/C4N6O10/c11-6(12)3(7(13)14)1-2(10(19)20-5-1)4(8(15)16)9(17)18/q-2. The second-order valence-corrected chi connectivity index (χ2v) is 2.80. The monoisotopic (exact) mass is 292 g/mol. The van der Waals surface area contributed by atoms with Crippen molar-refractivity contribution in [3.63, 3.8) is 0 Å². The zero-order chi connectivity index (χ0) is 15.6. The first-order chi connectivity index (χ1) is 9.18. The fourth-order valence-electron chi connectivity index (χ4n) is 1.06. The van der Waals surface area contributed by atoms with E-state index >= 15 is 0 Å². The van der Waals surface area contributed by atoms with E-state index in [4.69, 9.17) is 0 Å². The van der Waals surface area contributed by atoms with Crippen molar-refractivity contribution in [2.45, 2.75) is 0 Å². The normalized spacial score (nSPS) is 13.8. The summed E-state index contributed by atoms with van der Waals surface area (Å²) in [6, 6.07) is 0. The molecule has 0 N–H and O–H groups in total. The molecule has 0 spiro atoms. The van der Waals surface area contributed by atoms with Gasteiger partial charge in [0.15, 0.2) is 0 Å². The van der Waals surface area contributed by atoms with E-state index in [1.807, 2.05) is 0 Å². The summed E-state index contributed by atoms with van der Waals surface area (Å²) in [5.41, 5.74) is -0.637. The van der Waals surface area contributed by atoms with Gasteiger partial charge in [0.25, 0.3) is 0 Å². The first-order valence-electron chi connectivity index (χ1n) is 4.10. The Morgan fingerprint density at radius 1 is 0.900 bits per heavy atom. The van der Waals surface area contributed by atoms with Crippen LogP contribution in [0.2, 0.25) is 0 Å². The lowest BCUT2D eigenvalue weighted by Crippen LogP contribution is -2.21. The number of hydrogen-bond donors (Lipinski definition) is 0. The maximum atomic E-state index is 11.0. The van der Waals surface area contributed by atoms with Crippen LogP contribution in [0.15, 0.2) is 23.0 Å². The van der Waals surface area contributed by atoms with E-state index < -0.39 is 48.0 Å². The van der Waals surface area contributed by atoms with Gasteiger partial charge in [0.05, 0.1) is 5.70 Å². The maximum Gasteiger partial charge on any atom is 0.583 e. The van der Waals surface area contributed by atoms with Crippen LogP contribution >= 0.6 is 0 Å². The highest BCUT2D eigenvalue weighted by Gasteiger charge is 2.42. The van der Waals surface area contributed by atoms with E-state index in [1.165, 1.54) is 0 Å². The summed E-state index contributed by atoms with van der Waals surface area (Å²) in [6.45, 7) is 0. The van der Waals surface area contributed by atoms with Gasteiger partial charge in [0.1, 0.15) is 19.7 Å². The number of hydroxylamine groups is 3. The zero-order valence-electron chi connectivity index (χ0n) is 8.77. The summed E-state index contributed by atoms with van der Waals surface area (Å²) in [4.78, 5) is 38.9. The predicted octanol–water partition coefficient (Wildman–Crippen LogP) is -0.535. The topological polar surface area (TPSA) is 222 Å². The van der Waals surface area contributed by atoms with E-state index in [0.29, 0.717) is 0 Å². The molecular formula is C4N6O10-2. The molecule has 108 valence electrons. The van der Waals surface area contributed by atoms with Crippen LogP contribution in [0.1, 0.15) is 0 Å². The van der Waals surface area contributed by atoms with Crippen LogP contribution in [-0.2, 0) is 4.94 Å². The van der Waals surface area contributed by atoms with Gasteiger partial charge in [0, 0.05) is 0 Å². The summed E-state index contributed by atoms with van der Waals surface area (Å²) in [6.07, 6.45) is 0. The molecule has 0 amide bonds. The minimum atomic E-state index is -2.06. The molecule has 1 aliphatic rings. The first kappa shape index (κ1) is 14.7. The Morgan fingerprint density at radius 2 is 1.30 bits per heavy atom. The molecule has 16 heteroatoms. The molecule has 0 radical (unpaired) electrons. The molecular weight excluding hydrogens is 292 g/mol. The molecule has 1 aliphatic heterocycles. The summed E-state index contributed by atoms with van der Waals surface area (Å²) in [5, 5.41) is 52.0. The second kappa shape index (κ2) is 5.07. The van der Waals surface area contributed by atoms with Crippen LogP contribution in [0.5, 0.6) is 0 Å². The molecule has 0 aromatic heterocycles. The van der Waals surface area contributed by atoms with Crippen molar-refractivity contribution in [3.8, 4) is 0 Å². The third-order valence-electron chi connectivity index (χ3n) is 1.73. The predicted molar refractivity (Wildman–Crippen MR) is 51.7 cm³/mol. The molecule has 0 aliphatic carbocycles. The van der Waals surface area contributed by atoms with E-state index in [9.17, 15) is 45.7 Å². The largest absolute Gasteiger partial charge is 0.734 e. The lowest BCUT2D eigenvalue weighted by molar-refractivity contribution is -0.621. The zero-order valence-corrected chi connectivity index (χ0v) is 8.77. The van der Waals surface area contributed by atoms with Crippen LogP contribution in [0.3, 0.4) is 0 Å². The third kappa shape index (κ3) is 2.39. The molecule has 16 nitrogen and oxygen atoms in total. The molecule has 0 unspecified atom stereocenters. The minimum absolute atomic E-state index is 0.913. The molecule has 1 saturated heterocycles. The average molecular weight is 292 g/mol. The summed E-state index contributed by atoms with van der Waals surface area (Å²) in [5.74, 6) is -4.04. The molecule has 1 rings (SSSR count). The van der Waals surface area contributed by atoms with Crippen LogP contribution in [0, 0.1) is 45.7 Å². The van der Waals surface area contributed by atoms with Gasteiger partial charge in [-0.3, -0.25) is 40.5 Å². The van der Waals surface area contributed by atoms with Gasteiger partial charge >= 0.3 is 11.6 Å². The van der Waals surface area contributed by atoms with Gasteiger partial charge in [-0.05, 0) is 0 Å². The van der Waals surface area contributed by atoms with Crippen LogP contribution in [0.25, 0.3) is 5.48 Å². The molecule has 20 heavy (non-hydrogen) atoms. The lowest BCUT2D eigenvalue weighted by Gasteiger charge is -2.23. The Hall–Kier alpha value is -3.40. The van der Waals surface area contributed by atoms with Crippen LogP contribution in [0.4, 0.5) is 0 Å². The van der Waals surface area contributed by atoms with Crippen molar-refractivity contribution in [2.24, 2.45) is 0 Å². The van der Waals surface area contributed by atoms with Gasteiger partial charge in [-0.1, -0.05) is 0 Å². The first-order valence-corrected chi connectivity index (χ1v) is 4.10. The number of hydrogen-bond acceptors (Lipinski definition) is 11. The molecule has 0 saturated carbocycles.